The summed E-state index contributed by atoms with van der Waals surface area (Å²) in [4.78, 5) is 30.6. The zero-order valence-electron chi connectivity index (χ0n) is 21.8. The number of carbonyl (C=O) groups excluding carboxylic acids is 2. The minimum Gasteiger partial charge on any atom is -0.490 e. The molecule has 4 rings (SSSR count). The molecule has 3 aliphatic rings. The Morgan fingerprint density at radius 1 is 1.08 bits per heavy atom. The van der Waals surface area contributed by atoms with Gasteiger partial charge in [0.05, 0.1) is 29.4 Å². The summed E-state index contributed by atoms with van der Waals surface area (Å²) in [6, 6.07) is 7.09. The first-order valence-corrected chi connectivity index (χ1v) is 13.2. The molecule has 3 atom stereocenters. The second-order valence-electron chi connectivity index (χ2n) is 10.8. The SMILES string of the molecule is CO[C@@H]1CC[C@H]2CCN(C)C(=O)CC3(CCCCC3)CN(C)C(=O)c3cc(C#N)ccc3OC[C@H]1O2. The van der Waals surface area contributed by atoms with Crippen LogP contribution in [0.25, 0.3) is 0 Å². The maximum Gasteiger partial charge on any atom is 0.257 e. The molecule has 2 amide bonds. The van der Waals surface area contributed by atoms with Crippen LogP contribution < -0.4 is 4.74 Å². The van der Waals surface area contributed by atoms with Gasteiger partial charge in [0.2, 0.25) is 5.91 Å². The molecule has 0 aromatic heterocycles. The summed E-state index contributed by atoms with van der Waals surface area (Å²) in [6.07, 6.45) is 7.68. The molecule has 8 nitrogen and oxygen atoms in total. The Hall–Kier alpha value is -2.63. The number of hydrogen-bond donors (Lipinski definition) is 0. The number of ether oxygens (including phenoxy) is 3. The lowest BCUT2D eigenvalue weighted by molar-refractivity contribution is -0.146. The molecule has 1 saturated heterocycles. The first-order valence-electron chi connectivity index (χ1n) is 13.2. The summed E-state index contributed by atoms with van der Waals surface area (Å²) in [7, 11) is 5.33. The Labute approximate surface area is 214 Å². The van der Waals surface area contributed by atoms with E-state index >= 15 is 0 Å². The average Bonchev–Trinajstić information content (AvgIpc) is 2.89. The molecule has 2 heterocycles. The minimum atomic E-state index is -0.288. The van der Waals surface area contributed by atoms with E-state index in [4.69, 9.17) is 14.2 Å². The number of fused-ring (bicyclic) bond motifs is 3. The number of rotatable bonds is 1. The third kappa shape index (κ3) is 6.01. The third-order valence-corrected chi connectivity index (χ3v) is 8.17. The number of benzene rings is 1. The third-order valence-electron chi connectivity index (χ3n) is 8.17. The van der Waals surface area contributed by atoms with Crippen LogP contribution in [0.1, 0.15) is 73.7 Å². The van der Waals surface area contributed by atoms with Gasteiger partial charge in [0, 0.05) is 40.7 Å². The van der Waals surface area contributed by atoms with E-state index in [0.717, 1.165) is 51.4 Å². The van der Waals surface area contributed by atoms with Crippen LogP contribution in [0, 0.1) is 16.7 Å². The zero-order chi connectivity index (χ0) is 25.7. The van der Waals surface area contributed by atoms with Crippen LogP contribution in [0.3, 0.4) is 0 Å². The molecule has 2 bridgehead atoms. The standard InChI is InChI=1S/C28H39N3O5/c1-30-14-11-21-8-10-24(34-3)25(36-21)18-35-23-9-7-20(17-29)15-22(23)27(33)31(2)19-28(16-26(30)32)12-5-4-6-13-28/h7,9,15,21,24-25H,4-6,8,10-14,16,18-19H2,1-3H3/t21-,24+,25+/m0/s1. The lowest BCUT2D eigenvalue weighted by atomic mass is 9.71. The fraction of sp³-hybridized carbons (Fsp3) is 0.679. The van der Waals surface area contributed by atoms with E-state index in [0.29, 0.717) is 36.4 Å². The smallest absolute Gasteiger partial charge is 0.257 e. The monoisotopic (exact) mass is 497 g/mol. The molecular weight excluding hydrogens is 458 g/mol. The summed E-state index contributed by atoms with van der Waals surface area (Å²) >= 11 is 0. The van der Waals surface area contributed by atoms with Crippen molar-refractivity contribution in [1.82, 2.24) is 9.80 Å². The Bertz CT molecular complexity index is 984. The largest absolute Gasteiger partial charge is 0.490 e. The van der Waals surface area contributed by atoms with Crippen molar-refractivity contribution < 1.29 is 23.8 Å². The van der Waals surface area contributed by atoms with Gasteiger partial charge in [-0.25, -0.2) is 0 Å². The normalized spacial score (nSPS) is 27.8. The number of nitrogens with zero attached hydrogens (tertiary/aromatic N) is 3. The first kappa shape index (κ1) is 26.4. The summed E-state index contributed by atoms with van der Waals surface area (Å²) < 4.78 is 18.2. The minimum absolute atomic E-state index is 0.0185. The second kappa shape index (κ2) is 11.6. The summed E-state index contributed by atoms with van der Waals surface area (Å²) in [5.41, 5.74) is 0.526. The predicted octanol–water partition coefficient (Wildman–Crippen LogP) is 3.77. The van der Waals surface area contributed by atoms with Crippen LogP contribution >= 0.6 is 0 Å². The highest BCUT2D eigenvalue weighted by Crippen LogP contribution is 2.41. The van der Waals surface area contributed by atoms with E-state index in [9.17, 15) is 14.9 Å². The summed E-state index contributed by atoms with van der Waals surface area (Å²) in [6.45, 7) is 1.38. The number of methoxy groups -OCH3 is 1. The Balaban J connectivity index is 1.67. The fourth-order valence-electron chi connectivity index (χ4n) is 6.02. The van der Waals surface area contributed by atoms with Gasteiger partial charge in [-0.2, -0.15) is 5.26 Å². The lowest BCUT2D eigenvalue weighted by Gasteiger charge is -2.41. The molecule has 2 fully saturated rings. The van der Waals surface area contributed by atoms with Crippen LogP contribution in [0.2, 0.25) is 0 Å². The van der Waals surface area contributed by atoms with Crippen LogP contribution in [0.15, 0.2) is 18.2 Å². The molecule has 1 aromatic carbocycles. The van der Waals surface area contributed by atoms with Gasteiger partial charge in [0.25, 0.3) is 5.91 Å². The molecule has 0 unspecified atom stereocenters. The number of nitriles is 1. The van der Waals surface area contributed by atoms with Crippen molar-refractivity contribution >= 4 is 11.8 Å². The van der Waals surface area contributed by atoms with Crippen molar-refractivity contribution in [3.8, 4) is 11.8 Å². The van der Waals surface area contributed by atoms with Gasteiger partial charge in [-0.3, -0.25) is 9.59 Å². The van der Waals surface area contributed by atoms with Gasteiger partial charge in [0.15, 0.2) is 0 Å². The highest BCUT2D eigenvalue weighted by molar-refractivity contribution is 5.97. The number of hydrogen-bond acceptors (Lipinski definition) is 6. The molecule has 1 aromatic rings. The molecule has 1 spiro atoms. The Morgan fingerprint density at radius 3 is 2.58 bits per heavy atom. The van der Waals surface area contributed by atoms with Gasteiger partial charge >= 0.3 is 0 Å². The molecule has 0 N–H and O–H groups in total. The van der Waals surface area contributed by atoms with Crippen molar-refractivity contribution in [2.45, 2.75) is 76.1 Å². The molecule has 1 saturated carbocycles. The highest BCUT2D eigenvalue weighted by atomic mass is 16.6. The van der Waals surface area contributed by atoms with E-state index in [-0.39, 0.29) is 42.1 Å². The van der Waals surface area contributed by atoms with E-state index in [2.05, 4.69) is 6.07 Å². The maximum absolute atomic E-state index is 13.7. The second-order valence-corrected chi connectivity index (χ2v) is 10.8. The fourth-order valence-corrected chi connectivity index (χ4v) is 6.02. The van der Waals surface area contributed by atoms with Gasteiger partial charge < -0.3 is 24.0 Å². The van der Waals surface area contributed by atoms with Crippen LogP contribution in [0.5, 0.6) is 5.75 Å². The van der Waals surface area contributed by atoms with E-state index in [1.54, 1.807) is 37.3 Å². The van der Waals surface area contributed by atoms with E-state index in [1.165, 1.54) is 0 Å². The first-order chi connectivity index (χ1) is 17.3. The average molecular weight is 498 g/mol. The Kier molecular flexibility index (Phi) is 8.53. The van der Waals surface area contributed by atoms with Crippen LogP contribution in [-0.4, -0.2) is 80.8 Å². The maximum atomic E-state index is 13.7. The van der Waals surface area contributed by atoms with E-state index in [1.807, 2.05) is 11.9 Å². The van der Waals surface area contributed by atoms with Gasteiger partial charge in [-0.1, -0.05) is 19.3 Å². The topological polar surface area (TPSA) is 92.1 Å². The van der Waals surface area contributed by atoms with Gasteiger partial charge in [-0.05, 0) is 55.7 Å². The van der Waals surface area contributed by atoms with Gasteiger partial charge in [0.1, 0.15) is 18.5 Å². The molecule has 0 radical (unpaired) electrons. The van der Waals surface area contributed by atoms with Crippen LogP contribution in [-0.2, 0) is 14.3 Å². The van der Waals surface area contributed by atoms with Crippen LogP contribution in [0.4, 0.5) is 0 Å². The van der Waals surface area contributed by atoms with Crippen molar-refractivity contribution in [2.24, 2.45) is 5.41 Å². The number of carbonyl (C=O) groups is 2. The van der Waals surface area contributed by atoms with Crippen molar-refractivity contribution in [1.29, 1.82) is 5.26 Å². The molecule has 8 heteroatoms. The van der Waals surface area contributed by atoms with Gasteiger partial charge in [-0.15, -0.1) is 0 Å². The summed E-state index contributed by atoms with van der Waals surface area (Å²) in [5.74, 6) is 0.361. The molecule has 1 aliphatic carbocycles. The van der Waals surface area contributed by atoms with Crippen molar-refractivity contribution in [3.05, 3.63) is 29.3 Å². The molecule has 196 valence electrons. The van der Waals surface area contributed by atoms with Crippen molar-refractivity contribution in [3.63, 3.8) is 0 Å². The van der Waals surface area contributed by atoms with Crippen molar-refractivity contribution in [2.75, 3.05) is 40.9 Å². The zero-order valence-corrected chi connectivity index (χ0v) is 21.8. The van der Waals surface area contributed by atoms with E-state index < -0.39 is 0 Å². The molecule has 36 heavy (non-hydrogen) atoms. The number of amides is 2. The lowest BCUT2D eigenvalue weighted by Crippen LogP contribution is -2.46. The molecular formula is C28H39N3O5. The molecule has 2 aliphatic heterocycles. The quantitative estimate of drug-likeness (QED) is 0.587. The predicted molar refractivity (Wildman–Crippen MR) is 135 cm³/mol. The summed E-state index contributed by atoms with van der Waals surface area (Å²) in [5, 5.41) is 9.47. The Morgan fingerprint density at radius 2 is 1.86 bits per heavy atom. The highest BCUT2D eigenvalue weighted by Gasteiger charge is 2.38.